The molecule has 1 fully saturated rings. The molecule has 1 saturated carbocycles. The molecule has 0 spiro atoms. The number of nitrogens with zero attached hydrogens (tertiary/aromatic N) is 5. The molecule has 9 heteroatoms. The van der Waals surface area contributed by atoms with E-state index in [9.17, 15) is 14.7 Å². The molecule has 1 N–H and O–H groups in total. The summed E-state index contributed by atoms with van der Waals surface area (Å²) in [7, 11) is 3.81. The Morgan fingerprint density at radius 3 is 2.17 bits per heavy atom. The van der Waals surface area contributed by atoms with Crippen LogP contribution in [-0.2, 0) is 17.9 Å². The molecule has 41 heavy (non-hydrogen) atoms. The van der Waals surface area contributed by atoms with Gasteiger partial charge in [-0.2, -0.15) is 4.98 Å². The normalized spacial score (nSPS) is 16.6. The second-order valence-electron chi connectivity index (χ2n) is 10.5. The lowest BCUT2D eigenvalue weighted by molar-refractivity contribution is 0.100. The maximum Gasteiger partial charge on any atom is 0.417 e. The van der Waals surface area contributed by atoms with Gasteiger partial charge in [-0.05, 0) is 48.9 Å². The van der Waals surface area contributed by atoms with E-state index >= 15 is 0 Å². The highest BCUT2D eigenvalue weighted by Crippen LogP contribution is 2.33. The van der Waals surface area contributed by atoms with E-state index in [1.165, 1.54) is 9.80 Å². The maximum absolute atomic E-state index is 13.8. The number of rotatable bonds is 8. The molecule has 1 aliphatic carbocycles. The van der Waals surface area contributed by atoms with Crippen molar-refractivity contribution in [3.63, 3.8) is 0 Å². The summed E-state index contributed by atoms with van der Waals surface area (Å²) in [4.78, 5) is 40.8. The van der Waals surface area contributed by atoms with Crippen LogP contribution in [0.3, 0.4) is 0 Å². The lowest BCUT2D eigenvalue weighted by Crippen LogP contribution is -2.50. The first-order chi connectivity index (χ1) is 19.9. The fourth-order valence-electron chi connectivity index (χ4n) is 5.47. The molecule has 0 saturated heterocycles. The monoisotopic (exact) mass is 553 g/mol. The zero-order valence-electron chi connectivity index (χ0n) is 23.4. The molecule has 0 aliphatic heterocycles. The summed E-state index contributed by atoms with van der Waals surface area (Å²) < 4.78 is 5.81. The van der Waals surface area contributed by atoms with Gasteiger partial charge in [-0.25, -0.2) is 19.5 Å². The SMILES string of the molecule is CN(C)c1nc(N(C(=O)OCc2ccccc2)C2CCCC(N(Cc3ccccc3)C(=O)O)C2)nc2ccccc12. The van der Waals surface area contributed by atoms with E-state index in [4.69, 9.17) is 14.7 Å². The molecule has 1 heterocycles. The predicted molar refractivity (Wildman–Crippen MR) is 159 cm³/mol. The number of fused-ring (bicyclic) bond motifs is 1. The van der Waals surface area contributed by atoms with Crippen molar-refractivity contribution in [2.24, 2.45) is 0 Å². The molecule has 1 aliphatic rings. The summed E-state index contributed by atoms with van der Waals surface area (Å²) in [5.74, 6) is 0.941. The van der Waals surface area contributed by atoms with E-state index in [-0.39, 0.29) is 31.2 Å². The molecule has 9 nitrogen and oxygen atoms in total. The van der Waals surface area contributed by atoms with E-state index < -0.39 is 12.2 Å². The molecule has 2 unspecified atom stereocenters. The highest BCUT2D eigenvalue weighted by atomic mass is 16.6. The number of hydrogen-bond acceptors (Lipinski definition) is 6. The Labute approximate surface area is 240 Å². The van der Waals surface area contributed by atoms with E-state index in [2.05, 4.69) is 0 Å². The van der Waals surface area contributed by atoms with Crippen LogP contribution >= 0.6 is 0 Å². The van der Waals surface area contributed by atoms with Crippen molar-refractivity contribution in [2.75, 3.05) is 23.9 Å². The summed E-state index contributed by atoms with van der Waals surface area (Å²) >= 11 is 0. The Morgan fingerprint density at radius 2 is 1.49 bits per heavy atom. The number of aromatic nitrogens is 2. The maximum atomic E-state index is 13.8. The largest absolute Gasteiger partial charge is 0.465 e. The lowest BCUT2D eigenvalue weighted by atomic mass is 9.89. The van der Waals surface area contributed by atoms with Gasteiger partial charge in [-0.15, -0.1) is 0 Å². The fourth-order valence-corrected chi connectivity index (χ4v) is 5.47. The number of carboxylic acid groups (broad SMARTS) is 1. The van der Waals surface area contributed by atoms with Crippen molar-refractivity contribution in [1.29, 1.82) is 0 Å². The number of anilines is 2. The number of hydrogen-bond donors (Lipinski definition) is 1. The second kappa shape index (κ2) is 12.7. The molecule has 2 atom stereocenters. The minimum absolute atomic E-state index is 0.107. The zero-order chi connectivity index (χ0) is 28.8. The number of para-hydroxylation sites is 1. The molecule has 3 aromatic carbocycles. The van der Waals surface area contributed by atoms with Gasteiger partial charge in [-0.1, -0.05) is 72.8 Å². The molecular formula is C32H35N5O4. The van der Waals surface area contributed by atoms with E-state index in [0.717, 1.165) is 22.9 Å². The highest BCUT2D eigenvalue weighted by molar-refractivity contribution is 5.93. The Kier molecular flexibility index (Phi) is 8.62. The summed E-state index contributed by atoms with van der Waals surface area (Å²) in [5.41, 5.74) is 2.51. The Bertz CT molecular complexity index is 1480. The van der Waals surface area contributed by atoms with Crippen molar-refractivity contribution >= 4 is 34.9 Å². The zero-order valence-corrected chi connectivity index (χ0v) is 23.4. The van der Waals surface area contributed by atoms with Crippen LogP contribution in [0.5, 0.6) is 0 Å². The van der Waals surface area contributed by atoms with Gasteiger partial charge in [0.1, 0.15) is 12.4 Å². The van der Waals surface area contributed by atoms with E-state index in [1.807, 2.05) is 104 Å². The predicted octanol–water partition coefficient (Wildman–Crippen LogP) is 6.33. The van der Waals surface area contributed by atoms with Crippen molar-refractivity contribution in [3.8, 4) is 0 Å². The van der Waals surface area contributed by atoms with Gasteiger partial charge in [0.15, 0.2) is 0 Å². The van der Waals surface area contributed by atoms with Crippen molar-refractivity contribution in [1.82, 2.24) is 14.9 Å². The summed E-state index contributed by atoms with van der Waals surface area (Å²) in [5, 5.41) is 11.0. The Balaban J connectivity index is 1.48. The van der Waals surface area contributed by atoms with Crippen LogP contribution < -0.4 is 9.80 Å². The minimum Gasteiger partial charge on any atom is -0.465 e. The Hall–Kier alpha value is -4.66. The molecule has 2 amide bonds. The van der Waals surface area contributed by atoms with Crippen LogP contribution in [0, 0.1) is 0 Å². The minimum atomic E-state index is -0.977. The van der Waals surface area contributed by atoms with Gasteiger partial charge in [0, 0.05) is 38.1 Å². The molecule has 5 rings (SSSR count). The van der Waals surface area contributed by atoms with Crippen LogP contribution in [0.2, 0.25) is 0 Å². The standard InChI is InChI=1S/C32H35N5O4/c1-35(2)29-27-18-9-10-19-28(27)33-30(34-29)37(32(40)41-22-24-14-7-4-8-15-24)26-17-11-16-25(20-26)36(31(38)39)21-23-12-5-3-6-13-23/h3-10,12-15,18-19,25-26H,11,16-17,20-22H2,1-2H3,(H,38,39). The van der Waals surface area contributed by atoms with Crippen molar-refractivity contribution in [3.05, 3.63) is 96.1 Å². The first-order valence-electron chi connectivity index (χ1n) is 13.9. The third-order valence-corrected chi connectivity index (χ3v) is 7.48. The van der Waals surface area contributed by atoms with Gasteiger partial charge in [0.2, 0.25) is 5.95 Å². The summed E-state index contributed by atoms with van der Waals surface area (Å²) in [6.45, 7) is 0.388. The molecule has 1 aromatic heterocycles. The average Bonchev–Trinajstić information content (AvgIpc) is 2.99. The molecule has 4 aromatic rings. The highest BCUT2D eigenvalue weighted by Gasteiger charge is 2.37. The third-order valence-electron chi connectivity index (χ3n) is 7.48. The van der Waals surface area contributed by atoms with E-state index in [1.54, 1.807) is 0 Å². The van der Waals surface area contributed by atoms with Crippen LogP contribution in [0.1, 0.15) is 36.8 Å². The van der Waals surface area contributed by atoms with Crippen molar-refractivity contribution < 1.29 is 19.4 Å². The Morgan fingerprint density at radius 1 is 0.854 bits per heavy atom. The molecular weight excluding hydrogens is 518 g/mol. The average molecular weight is 554 g/mol. The first-order valence-corrected chi connectivity index (χ1v) is 13.9. The summed E-state index contributed by atoms with van der Waals surface area (Å²) in [6.07, 6.45) is 1.07. The number of amides is 2. The van der Waals surface area contributed by atoms with Gasteiger partial charge in [0.05, 0.1) is 5.52 Å². The molecule has 0 radical (unpaired) electrons. The smallest absolute Gasteiger partial charge is 0.417 e. The third kappa shape index (κ3) is 6.57. The van der Waals surface area contributed by atoms with Crippen LogP contribution in [0.25, 0.3) is 10.9 Å². The van der Waals surface area contributed by atoms with Crippen LogP contribution in [-0.4, -0.2) is 58.3 Å². The number of ether oxygens (including phenoxy) is 1. The number of carbonyl (C=O) groups excluding carboxylic acids is 1. The quantitative estimate of drug-likeness (QED) is 0.272. The first kappa shape index (κ1) is 27.9. The van der Waals surface area contributed by atoms with Crippen LogP contribution in [0.15, 0.2) is 84.9 Å². The fraction of sp³-hybridized carbons (Fsp3) is 0.312. The molecule has 0 bridgehead atoms. The van der Waals surface area contributed by atoms with Crippen molar-refractivity contribution in [2.45, 2.75) is 50.9 Å². The second-order valence-corrected chi connectivity index (χ2v) is 10.5. The number of benzene rings is 3. The van der Waals surface area contributed by atoms with Crippen LogP contribution in [0.4, 0.5) is 21.4 Å². The van der Waals surface area contributed by atoms with E-state index in [0.29, 0.717) is 30.6 Å². The summed E-state index contributed by atoms with van der Waals surface area (Å²) in [6, 6.07) is 26.2. The van der Waals surface area contributed by atoms with Gasteiger partial charge in [-0.3, -0.25) is 0 Å². The number of carbonyl (C=O) groups is 2. The lowest BCUT2D eigenvalue weighted by Gasteiger charge is -2.39. The van der Waals surface area contributed by atoms with Gasteiger partial charge in [0.25, 0.3) is 0 Å². The van der Waals surface area contributed by atoms with Gasteiger partial charge >= 0.3 is 12.2 Å². The topological polar surface area (TPSA) is 99.1 Å². The van der Waals surface area contributed by atoms with Gasteiger partial charge < -0.3 is 19.6 Å². The molecule has 212 valence electrons.